The van der Waals surface area contributed by atoms with Crippen molar-refractivity contribution in [2.75, 3.05) is 13.1 Å². The molecule has 0 aromatic heterocycles. The van der Waals surface area contributed by atoms with E-state index in [0.29, 0.717) is 6.54 Å². The van der Waals surface area contributed by atoms with Crippen LogP contribution in [0.25, 0.3) is 0 Å². The molecule has 0 amide bonds. The van der Waals surface area contributed by atoms with E-state index in [0.717, 1.165) is 24.9 Å². The van der Waals surface area contributed by atoms with Gasteiger partial charge in [-0.15, -0.1) is 0 Å². The van der Waals surface area contributed by atoms with Crippen LogP contribution in [0.3, 0.4) is 0 Å². The molecular weight excluding hydrogens is 231 g/mol. The van der Waals surface area contributed by atoms with E-state index in [2.05, 4.69) is 4.90 Å². The lowest BCUT2D eigenvalue weighted by Crippen LogP contribution is -2.40. The molecule has 0 aliphatic carbocycles. The third-order valence-corrected chi connectivity index (χ3v) is 3.66. The second kappa shape index (κ2) is 5.78. The molecule has 2 rings (SSSR count). The van der Waals surface area contributed by atoms with Gasteiger partial charge in [0.1, 0.15) is 5.82 Å². The third-order valence-electron chi connectivity index (χ3n) is 3.66. The van der Waals surface area contributed by atoms with Gasteiger partial charge in [-0.3, -0.25) is 4.90 Å². The molecule has 0 spiro atoms. The Labute approximate surface area is 107 Å². The van der Waals surface area contributed by atoms with Gasteiger partial charge in [-0.2, -0.15) is 0 Å². The molecule has 0 radical (unpaired) electrons. The number of aliphatic hydroxyl groups is 1. The Balaban J connectivity index is 2.25. The van der Waals surface area contributed by atoms with E-state index in [1.807, 2.05) is 13.0 Å². The van der Waals surface area contributed by atoms with Crippen molar-refractivity contribution in [1.82, 2.24) is 4.90 Å². The maximum absolute atomic E-state index is 13.3. The zero-order valence-electron chi connectivity index (χ0n) is 10.7. The first-order valence-electron chi connectivity index (χ1n) is 6.55. The number of benzene rings is 1. The first-order chi connectivity index (χ1) is 8.61. The van der Waals surface area contributed by atoms with Crippen molar-refractivity contribution in [2.45, 2.75) is 38.0 Å². The van der Waals surface area contributed by atoms with Gasteiger partial charge in [0.05, 0.1) is 12.1 Å². The van der Waals surface area contributed by atoms with Crippen LogP contribution in [0.1, 0.15) is 31.4 Å². The first-order valence-corrected chi connectivity index (χ1v) is 6.55. The number of hydrogen-bond donors (Lipinski definition) is 2. The van der Waals surface area contributed by atoms with Crippen LogP contribution in [-0.4, -0.2) is 35.2 Å². The molecule has 3 atom stereocenters. The molecule has 1 aromatic rings. The number of hydrogen-bond acceptors (Lipinski definition) is 3. The fourth-order valence-corrected chi connectivity index (χ4v) is 2.66. The molecular formula is C14H21FN2O. The minimum Gasteiger partial charge on any atom is -0.392 e. The molecule has 0 bridgehead atoms. The standard InChI is InChI=1S/C14H21FN2O/c1-2-13(16)14(17-7-6-12(18)9-17)10-4-3-5-11(15)8-10/h3-5,8,12-14,18H,2,6-7,9,16H2,1H3. The van der Waals surface area contributed by atoms with E-state index in [9.17, 15) is 9.50 Å². The lowest BCUT2D eigenvalue weighted by atomic mass is 9.96. The summed E-state index contributed by atoms with van der Waals surface area (Å²) < 4.78 is 13.3. The van der Waals surface area contributed by atoms with Crippen molar-refractivity contribution in [1.29, 1.82) is 0 Å². The summed E-state index contributed by atoms with van der Waals surface area (Å²) in [5.41, 5.74) is 7.08. The van der Waals surface area contributed by atoms with Crippen LogP contribution in [0.15, 0.2) is 24.3 Å². The van der Waals surface area contributed by atoms with Gasteiger partial charge in [0, 0.05) is 19.1 Å². The smallest absolute Gasteiger partial charge is 0.123 e. The van der Waals surface area contributed by atoms with E-state index in [1.165, 1.54) is 6.07 Å². The fourth-order valence-electron chi connectivity index (χ4n) is 2.66. The van der Waals surface area contributed by atoms with Crippen molar-refractivity contribution in [3.8, 4) is 0 Å². The van der Waals surface area contributed by atoms with E-state index in [4.69, 9.17) is 5.73 Å². The van der Waals surface area contributed by atoms with Crippen LogP contribution >= 0.6 is 0 Å². The normalized spacial score (nSPS) is 24.1. The number of nitrogens with zero attached hydrogens (tertiary/aromatic N) is 1. The Morgan fingerprint density at radius 3 is 2.89 bits per heavy atom. The van der Waals surface area contributed by atoms with Gasteiger partial charge >= 0.3 is 0 Å². The quantitative estimate of drug-likeness (QED) is 0.857. The second-order valence-electron chi connectivity index (χ2n) is 5.01. The average Bonchev–Trinajstić information content (AvgIpc) is 2.76. The highest BCUT2D eigenvalue weighted by Gasteiger charge is 2.31. The van der Waals surface area contributed by atoms with Crippen molar-refractivity contribution in [3.05, 3.63) is 35.6 Å². The van der Waals surface area contributed by atoms with Gasteiger partial charge < -0.3 is 10.8 Å². The topological polar surface area (TPSA) is 49.5 Å². The van der Waals surface area contributed by atoms with Gasteiger partial charge in [0.15, 0.2) is 0 Å². The highest BCUT2D eigenvalue weighted by molar-refractivity contribution is 5.22. The Morgan fingerprint density at radius 1 is 1.56 bits per heavy atom. The van der Waals surface area contributed by atoms with Crippen LogP contribution in [0, 0.1) is 5.82 Å². The summed E-state index contributed by atoms with van der Waals surface area (Å²) >= 11 is 0. The maximum Gasteiger partial charge on any atom is 0.123 e. The summed E-state index contributed by atoms with van der Waals surface area (Å²) in [6, 6.07) is 6.56. The zero-order chi connectivity index (χ0) is 13.1. The van der Waals surface area contributed by atoms with Crippen LogP contribution in [0.5, 0.6) is 0 Å². The fraction of sp³-hybridized carbons (Fsp3) is 0.571. The minimum absolute atomic E-state index is 0.0113. The summed E-state index contributed by atoms with van der Waals surface area (Å²) in [5, 5.41) is 9.65. The average molecular weight is 252 g/mol. The Morgan fingerprint density at radius 2 is 2.33 bits per heavy atom. The lowest BCUT2D eigenvalue weighted by molar-refractivity contribution is 0.148. The molecule has 3 nitrogen and oxygen atoms in total. The summed E-state index contributed by atoms with van der Waals surface area (Å²) in [5.74, 6) is -0.236. The number of likely N-dealkylation sites (tertiary alicyclic amines) is 1. The lowest BCUT2D eigenvalue weighted by Gasteiger charge is -2.32. The van der Waals surface area contributed by atoms with E-state index in [-0.39, 0.29) is 24.0 Å². The van der Waals surface area contributed by atoms with Gasteiger partial charge in [-0.05, 0) is 30.5 Å². The minimum atomic E-state index is -0.287. The molecule has 3 unspecified atom stereocenters. The molecule has 3 N–H and O–H groups in total. The summed E-state index contributed by atoms with van der Waals surface area (Å²) in [6.45, 7) is 3.47. The predicted octanol–water partition coefficient (Wildman–Crippen LogP) is 1.67. The molecule has 0 saturated carbocycles. The van der Waals surface area contributed by atoms with Crippen molar-refractivity contribution in [2.24, 2.45) is 5.73 Å². The van der Waals surface area contributed by atoms with Crippen LogP contribution in [0.4, 0.5) is 4.39 Å². The molecule has 18 heavy (non-hydrogen) atoms. The van der Waals surface area contributed by atoms with Crippen LogP contribution < -0.4 is 5.73 Å². The molecule has 1 aromatic carbocycles. The van der Waals surface area contributed by atoms with E-state index < -0.39 is 0 Å². The Kier molecular flexibility index (Phi) is 4.32. The number of aliphatic hydroxyl groups excluding tert-OH is 1. The summed E-state index contributed by atoms with van der Waals surface area (Å²) in [4.78, 5) is 2.16. The summed E-state index contributed by atoms with van der Waals surface area (Å²) in [6.07, 6.45) is 1.31. The Bertz CT molecular complexity index is 399. The number of halogens is 1. The molecule has 4 heteroatoms. The van der Waals surface area contributed by atoms with Crippen molar-refractivity contribution >= 4 is 0 Å². The zero-order valence-corrected chi connectivity index (χ0v) is 10.7. The van der Waals surface area contributed by atoms with E-state index >= 15 is 0 Å². The predicted molar refractivity (Wildman–Crippen MR) is 69.6 cm³/mol. The summed E-state index contributed by atoms with van der Waals surface area (Å²) in [7, 11) is 0. The van der Waals surface area contributed by atoms with Crippen LogP contribution in [-0.2, 0) is 0 Å². The molecule has 1 fully saturated rings. The first kappa shape index (κ1) is 13.5. The third kappa shape index (κ3) is 2.88. The molecule has 1 aliphatic heterocycles. The monoisotopic (exact) mass is 252 g/mol. The number of β-amino-alcohol motifs (C(OH)–C–C–N with tert-alkyl or cyclic N) is 1. The second-order valence-corrected chi connectivity index (χ2v) is 5.01. The highest BCUT2D eigenvalue weighted by Crippen LogP contribution is 2.29. The van der Waals surface area contributed by atoms with Crippen molar-refractivity contribution < 1.29 is 9.50 Å². The molecule has 1 heterocycles. The van der Waals surface area contributed by atoms with Gasteiger partial charge in [-0.1, -0.05) is 19.1 Å². The molecule has 1 saturated heterocycles. The highest BCUT2D eigenvalue weighted by atomic mass is 19.1. The van der Waals surface area contributed by atoms with Gasteiger partial charge in [0.2, 0.25) is 0 Å². The molecule has 100 valence electrons. The van der Waals surface area contributed by atoms with Crippen molar-refractivity contribution in [3.63, 3.8) is 0 Å². The van der Waals surface area contributed by atoms with Gasteiger partial charge in [-0.25, -0.2) is 4.39 Å². The number of nitrogens with two attached hydrogens (primary N) is 1. The SMILES string of the molecule is CCC(N)C(c1cccc(F)c1)N1CCC(O)C1. The van der Waals surface area contributed by atoms with Crippen LogP contribution in [0.2, 0.25) is 0 Å². The molecule has 1 aliphatic rings. The van der Waals surface area contributed by atoms with Gasteiger partial charge in [0.25, 0.3) is 0 Å². The largest absolute Gasteiger partial charge is 0.392 e. The maximum atomic E-state index is 13.3. The number of rotatable bonds is 4. The van der Waals surface area contributed by atoms with E-state index in [1.54, 1.807) is 12.1 Å². The Hall–Kier alpha value is -0.970.